The minimum absolute atomic E-state index is 0.0630. The van der Waals surface area contributed by atoms with Crippen molar-refractivity contribution < 1.29 is 15.1 Å². The number of carboxylic acid groups (broad SMARTS) is 1. The number of benzene rings is 2. The quantitative estimate of drug-likeness (QED) is 0.326. The molecule has 1 aliphatic rings. The summed E-state index contributed by atoms with van der Waals surface area (Å²) in [6.45, 7) is 9.08. The van der Waals surface area contributed by atoms with Crippen molar-refractivity contribution in [2.45, 2.75) is 51.4 Å². The molecule has 0 unspecified atom stereocenters. The summed E-state index contributed by atoms with van der Waals surface area (Å²) in [6, 6.07) is 13.6. The van der Waals surface area contributed by atoms with Crippen LogP contribution >= 0.6 is 0 Å². The third-order valence-electron chi connectivity index (χ3n) is 5.80. The number of nitrogens with zero attached hydrogens (tertiary/aromatic N) is 1. The van der Waals surface area contributed by atoms with E-state index in [-0.39, 0.29) is 10.8 Å². The Morgan fingerprint density at radius 3 is 2.25 bits per heavy atom. The van der Waals surface area contributed by atoms with Crippen molar-refractivity contribution in [2.75, 3.05) is 0 Å². The molecule has 0 radical (unpaired) electrons. The molecule has 0 amide bonds. The summed E-state index contributed by atoms with van der Waals surface area (Å²) < 4.78 is 0. The zero-order valence-corrected chi connectivity index (χ0v) is 16.9. The smallest absolute Gasteiger partial charge is 0.328 e. The normalized spacial score (nSPS) is 18.1. The minimum atomic E-state index is -0.999. The van der Waals surface area contributed by atoms with Crippen molar-refractivity contribution >= 4 is 17.8 Å². The van der Waals surface area contributed by atoms with Gasteiger partial charge in [-0.3, -0.25) is 0 Å². The highest BCUT2D eigenvalue weighted by Gasteiger charge is 2.37. The van der Waals surface area contributed by atoms with Gasteiger partial charge in [-0.05, 0) is 58.6 Å². The maximum atomic E-state index is 10.8. The molecule has 2 aromatic rings. The number of hydrogen-bond donors (Lipinski definition) is 2. The van der Waals surface area contributed by atoms with Crippen LogP contribution in [0.25, 0.3) is 6.08 Å². The number of hydrogen-bond acceptors (Lipinski definition) is 3. The van der Waals surface area contributed by atoms with Crippen molar-refractivity contribution in [2.24, 2.45) is 5.16 Å². The van der Waals surface area contributed by atoms with Crippen molar-refractivity contribution in [1.29, 1.82) is 0 Å². The Kier molecular flexibility index (Phi) is 5.16. The first-order valence-corrected chi connectivity index (χ1v) is 9.53. The number of fused-ring (bicyclic) bond motifs is 1. The molecule has 28 heavy (non-hydrogen) atoms. The molecular formula is C24H27NO3. The Labute approximate surface area is 166 Å². The van der Waals surface area contributed by atoms with Gasteiger partial charge in [0.05, 0.1) is 0 Å². The maximum Gasteiger partial charge on any atom is 0.328 e. The van der Waals surface area contributed by atoms with Crippen LogP contribution in [-0.4, -0.2) is 22.0 Å². The Hall–Kier alpha value is -2.88. The van der Waals surface area contributed by atoms with Gasteiger partial charge in [-0.25, -0.2) is 4.79 Å². The molecule has 2 N–H and O–H groups in total. The molecule has 4 nitrogen and oxygen atoms in total. The van der Waals surface area contributed by atoms with Gasteiger partial charge in [0.1, 0.15) is 5.71 Å². The summed E-state index contributed by atoms with van der Waals surface area (Å²) in [5.41, 5.74) is 5.64. The largest absolute Gasteiger partial charge is 0.478 e. The Bertz CT molecular complexity index is 968. The van der Waals surface area contributed by atoms with Gasteiger partial charge < -0.3 is 10.3 Å². The molecule has 146 valence electrons. The van der Waals surface area contributed by atoms with Gasteiger partial charge >= 0.3 is 5.97 Å². The maximum absolute atomic E-state index is 10.8. The lowest BCUT2D eigenvalue weighted by atomic mass is 9.63. The van der Waals surface area contributed by atoms with E-state index < -0.39 is 5.97 Å². The number of oxime groups is 1. The van der Waals surface area contributed by atoms with E-state index in [2.05, 4.69) is 45.0 Å². The molecule has 0 saturated carbocycles. The van der Waals surface area contributed by atoms with E-state index in [1.165, 1.54) is 17.2 Å². The van der Waals surface area contributed by atoms with Crippen LogP contribution in [0.4, 0.5) is 0 Å². The van der Waals surface area contributed by atoms with Crippen LogP contribution < -0.4 is 0 Å². The fourth-order valence-electron chi connectivity index (χ4n) is 3.98. The van der Waals surface area contributed by atoms with Crippen LogP contribution in [0.15, 0.2) is 53.7 Å². The first kappa shape index (κ1) is 19.9. The van der Waals surface area contributed by atoms with E-state index in [0.29, 0.717) is 5.71 Å². The summed E-state index contributed by atoms with van der Waals surface area (Å²) in [6.07, 6.45) is 4.88. The van der Waals surface area contributed by atoms with Crippen LogP contribution in [-0.2, 0) is 15.6 Å². The van der Waals surface area contributed by atoms with Crippen LogP contribution in [0.3, 0.4) is 0 Å². The zero-order chi connectivity index (χ0) is 20.5. The molecule has 0 saturated heterocycles. The molecule has 0 aromatic heterocycles. The fourth-order valence-corrected chi connectivity index (χ4v) is 3.98. The van der Waals surface area contributed by atoms with Crippen LogP contribution in [0.2, 0.25) is 0 Å². The molecule has 1 aliphatic carbocycles. The standard InChI is InChI=1S/C24H27NO3/c1-23(2)12-13-24(3,4)20-15-18(9-10-19(20)23)22(25-28)17-7-5-6-16(14-17)8-11-21(26)27/h5-11,14-15,28H,12-13H2,1-4H3,(H,26,27)/b11-8+,25-22-. The van der Waals surface area contributed by atoms with E-state index in [4.69, 9.17) is 5.11 Å². The summed E-state index contributed by atoms with van der Waals surface area (Å²) in [4.78, 5) is 10.8. The average molecular weight is 377 g/mol. The number of aliphatic carboxylic acids is 1. The number of carboxylic acids is 1. The summed E-state index contributed by atoms with van der Waals surface area (Å²) in [5, 5.41) is 22.2. The first-order chi connectivity index (χ1) is 13.1. The van der Waals surface area contributed by atoms with Gasteiger partial charge in [-0.15, -0.1) is 0 Å². The highest BCUT2D eigenvalue weighted by molar-refractivity contribution is 6.13. The van der Waals surface area contributed by atoms with Gasteiger partial charge in [-0.1, -0.05) is 63.2 Å². The highest BCUT2D eigenvalue weighted by Crippen LogP contribution is 2.46. The average Bonchev–Trinajstić information content (AvgIpc) is 2.65. The summed E-state index contributed by atoms with van der Waals surface area (Å²) in [7, 11) is 0. The third kappa shape index (κ3) is 3.86. The number of rotatable bonds is 4. The molecular weight excluding hydrogens is 350 g/mol. The zero-order valence-electron chi connectivity index (χ0n) is 16.9. The Morgan fingerprint density at radius 1 is 0.964 bits per heavy atom. The predicted molar refractivity (Wildman–Crippen MR) is 112 cm³/mol. The van der Waals surface area contributed by atoms with Crippen molar-refractivity contribution in [3.63, 3.8) is 0 Å². The van der Waals surface area contributed by atoms with Gasteiger partial charge in [0.2, 0.25) is 0 Å². The van der Waals surface area contributed by atoms with Crippen LogP contribution in [0.1, 0.15) is 68.4 Å². The molecule has 0 fully saturated rings. The lowest BCUT2D eigenvalue weighted by molar-refractivity contribution is -0.131. The highest BCUT2D eigenvalue weighted by atomic mass is 16.4. The second kappa shape index (κ2) is 7.27. The SMILES string of the molecule is CC1(C)CCC(C)(C)c2cc(/C(=N\O)c3cccc(/C=C/C(=O)O)c3)ccc21. The van der Waals surface area contributed by atoms with E-state index in [9.17, 15) is 10.0 Å². The van der Waals surface area contributed by atoms with Crippen molar-refractivity contribution in [3.05, 3.63) is 76.4 Å². The van der Waals surface area contributed by atoms with E-state index in [1.54, 1.807) is 0 Å². The Morgan fingerprint density at radius 2 is 1.61 bits per heavy atom. The van der Waals surface area contributed by atoms with Crippen LogP contribution in [0.5, 0.6) is 0 Å². The van der Waals surface area contributed by atoms with Crippen molar-refractivity contribution in [3.8, 4) is 0 Å². The van der Waals surface area contributed by atoms with Gasteiger partial charge in [0, 0.05) is 17.2 Å². The van der Waals surface area contributed by atoms with Crippen LogP contribution in [0, 0.1) is 0 Å². The molecule has 2 aromatic carbocycles. The summed E-state index contributed by atoms with van der Waals surface area (Å²) >= 11 is 0. The molecule has 0 atom stereocenters. The molecule has 0 spiro atoms. The molecule has 0 heterocycles. The topological polar surface area (TPSA) is 69.9 Å². The Balaban J connectivity index is 2.06. The van der Waals surface area contributed by atoms with Gasteiger partial charge in [0.15, 0.2) is 0 Å². The lowest BCUT2D eigenvalue weighted by Crippen LogP contribution is -2.34. The van der Waals surface area contributed by atoms with Gasteiger partial charge in [0.25, 0.3) is 0 Å². The van der Waals surface area contributed by atoms with E-state index >= 15 is 0 Å². The second-order valence-electron chi connectivity index (χ2n) is 8.77. The lowest BCUT2D eigenvalue weighted by Gasteiger charge is -2.42. The molecule has 0 aliphatic heterocycles. The molecule has 3 rings (SSSR count). The first-order valence-electron chi connectivity index (χ1n) is 9.53. The van der Waals surface area contributed by atoms with Gasteiger partial charge in [-0.2, -0.15) is 0 Å². The number of carbonyl (C=O) groups is 1. The van der Waals surface area contributed by atoms with E-state index in [1.807, 2.05) is 30.3 Å². The minimum Gasteiger partial charge on any atom is -0.478 e. The second-order valence-corrected chi connectivity index (χ2v) is 8.77. The fraction of sp³-hybridized carbons (Fsp3) is 0.333. The monoisotopic (exact) mass is 377 g/mol. The summed E-state index contributed by atoms with van der Waals surface area (Å²) in [5.74, 6) is -0.999. The molecule has 4 heteroatoms. The third-order valence-corrected chi connectivity index (χ3v) is 5.80. The molecule has 0 bridgehead atoms. The van der Waals surface area contributed by atoms with E-state index in [0.717, 1.165) is 35.6 Å². The van der Waals surface area contributed by atoms with Crippen molar-refractivity contribution in [1.82, 2.24) is 0 Å². The predicted octanol–water partition coefficient (Wildman–Crippen LogP) is 5.36.